The van der Waals surface area contributed by atoms with E-state index in [1.54, 1.807) is 0 Å². The number of benzene rings is 1. The first kappa shape index (κ1) is 21.4. The number of halogens is 3. The maximum atomic E-state index is 12.7. The number of nitrogens with zero attached hydrogens (tertiary/aromatic N) is 1. The van der Waals surface area contributed by atoms with Gasteiger partial charge < -0.3 is 15.0 Å². The summed E-state index contributed by atoms with van der Waals surface area (Å²) in [5, 5.41) is 2.95. The smallest absolute Gasteiger partial charge is 0.370 e. The zero-order valence-electron chi connectivity index (χ0n) is 16.2. The predicted molar refractivity (Wildman–Crippen MR) is 101 cm³/mol. The maximum Gasteiger partial charge on any atom is 0.406 e. The zero-order chi connectivity index (χ0) is 21.0. The van der Waals surface area contributed by atoms with E-state index in [0.29, 0.717) is 10.8 Å². The molecule has 1 aliphatic heterocycles. The van der Waals surface area contributed by atoms with Crippen LogP contribution in [0.25, 0.3) is 0 Å². The van der Waals surface area contributed by atoms with Gasteiger partial charge >= 0.3 is 6.18 Å². The molecule has 0 aromatic heterocycles. The van der Waals surface area contributed by atoms with Gasteiger partial charge in [-0.1, -0.05) is 36.4 Å². The second kappa shape index (κ2) is 8.98. The van der Waals surface area contributed by atoms with Gasteiger partial charge in [-0.3, -0.25) is 9.59 Å². The third kappa shape index (κ3) is 5.38. The fourth-order valence-electron chi connectivity index (χ4n) is 4.08. The van der Waals surface area contributed by atoms with Crippen molar-refractivity contribution in [1.82, 2.24) is 10.2 Å². The summed E-state index contributed by atoms with van der Waals surface area (Å²) in [7, 11) is 1.22. The lowest BCUT2D eigenvalue weighted by Crippen LogP contribution is -2.52. The Morgan fingerprint density at radius 1 is 1.17 bits per heavy atom. The van der Waals surface area contributed by atoms with Gasteiger partial charge in [0.1, 0.15) is 6.54 Å². The molecule has 1 aromatic carbocycles. The fourth-order valence-corrected chi connectivity index (χ4v) is 4.08. The molecule has 158 valence electrons. The minimum atomic E-state index is -4.52. The van der Waals surface area contributed by atoms with E-state index < -0.39 is 36.6 Å². The lowest BCUT2D eigenvalue weighted by Gasteiger charge is -2.34. The molecule has 8 heteroatoms. The third-order valence-electron chi connectivity index (χ3n) is 5.58. The lowest BCUT2D eigenvalue weighted by atomic mass is 9.81. The van der Waals surface area contributed by atoms with Gasteiger partial charge in [-0.05, 0) is 37.2 Å². The Bertz CT molecular complexity index is 743. The zero-order valence-corrected chi connectivity index (χ0v) is 16.2. The van der Waals surface area contributed by atoms with E-state index in [9.17, 15) is 22.8 Å². The minimum Gasteiger partial charge on any atom is -0.370 e. The second-order valence-corrected chi connectivity index (χ2v) is 7.57. The highest BCUT2D eigenvalue weighted by Gasteiger charge is 2.42. The number of carbonyl (C=O) groups excluding carboxylic acids is 2. The Morgan fingerprint density at radius 3 is 2.41 bits per heavy atom. The molecular formula is C21H25F3N2O3. The molecule has 2 atom stereocenters. The van der Waals surface area contributed by atoms with Crippen LogP contribution >= 0.6 is 0 Å². The van der Waals surface area contributed by atoms with Crippen LogP contribution < -0.4 is 5.32 Å². The molecule has 1 aliphatic carbocycles. The molecule has 0 spiro atoms. The van der Waals surface area contributed by atoms with Gasteiger partial charge in [0.2, 0.25) is 5.91 Å². The molecule has 1 aromatic rings. The summed E-state index contributed by atoms with van der Waals surface area (Å²) in [6.07, 6.45) is 0.0751. The van der Waals surface area contributed by atoms with Crippen molar-refractivity contribution in [2.75, 3.05) is 13.7 Å². The number of carbonyl (C=O) groups is 2. The molecule has 0 saturated heterocycles. The largest absolute Gasteiger partial charge is 0.406 e. The van der Waals surface area contributed by atoms with E-state index in [0.717, 1.165) is 31.9 Å². The van der Waals surface area contributed by atoms with Crippen LogP contribution in [0, 0.1) is 5.92 Å². The van der Waals surface area contributed by atoms with Crippen LogP contribution in [-0.4, -0.2) is 48.7 Å². The Balaban J connectivity index is 1.58. The highest BCUT2D eigenvalue weighted by Crippen LogP contribution is 2.33. The molecule has 5 nitrogen and oxygen atoms in total. The average molecular weight is 410 g/mol. The molecule has 29 heavy (non-hydrogen) atoms. The molecular weight excluding hydrogens is 385 g/mol. The number of hydrogen-bond donors (Lipinski definition) is 1. The van der Waals surface area contributed by atoms with Crippen LogP contribution in [0.3, 0.4) is 0 Å². The molecule has 0 radical (unpaired) electrons. The third-order valence-corrected chi connectivity index (χ3v) is 5.58. The Hall–Kier alpha value is -2.35. The van der Waals surface area contributed by atoms with Gasteiger partial charge in [0.05, 0.1) is 5.92 Å². The van der Waals surface area contributed by atoms with Crippen LogP contribution in [0.4, 0.5) is 13.2 Å². The average Bonchev–Trinajstić information content (AvgIpc) is 2.69. The molecule has 1 fully saturated rings. The Morgan fingerprint density at radius 2 is 1.83 bits per heavy atom. The Kier molecular flexibility index (Phi) is 6.62. The quantitative estimate of drug-likeness (QED) is 0.810. The highest BCUT2D eigenvalue weighted by atomic mass is 19.4. The first-order valence-electron chi connectivity index (χ1n) is 9.72. The van der Waals surface area contributed by atoms with Crippen molar-refractivity contribution >= 4 is 11.8 Å². The highest BCUT2D eigenvalue weighted by molar-refractivity contribution is 5.92. The SMILES string of the molecule is COC1C(=O)N(CC(F)(F)F)C=CC1C(=O)NC1CCC(c2ccccc2)CC1. The van der Waals surface area contributed by atoms with Crippen molar-refractivity contribution in [2.24, 2.45) is 5.92 Å². The number of hydrogen-bond acceptors (Lipinski definition) is 3. The van der Waals surface area contributed by atoms with E-state index in [1.807, 2.05) is 18.2 Å². The van der Waals surface area contributed by atoms with E-state index in [2.05, 4.69) is 17.4 Å². The molecule has 2 amide bonds. The summed E-state index contributed by atoms with van der Waals surface area (Å²) in [6.45, 7) is -1.40. The minimum absolute atomic E-state index is 0.0170. The first-order chi connectivity index (χ1) is 13.8. The van der Waals surface area contributed by atoms with E-state index in [-0.39, 0.29) is 6.04 Å². The fraction of sp³-hybridized carbons (Fsp3) is 0.524. The van der Waals surface area contributed by atoms with Gasteiger partial charge in [-0.15, -0.1) is 0 Å². The van der Waals surface area contributed by atoms with Crippen molar-refractivity contribution in [1.29, 1.82) is 0 Å². The Labute approximate surface area is 167 Å². The lowest BCUT2D eigenvalue weighted by molar-refractivity contribution is -0.166. The van der Waals surface area contributed by atoms with Crippen molar-refractivity contribution in [3.8, 4) is 0 Å². The first-order valence-corrected chi connectivity index (χ1v) is 9.72. The van der Waals surface area contributed by atoms with Crippen LogP contribution in [0.1, 0.15) is 37.2 Å². The van der Waals surface area contributed by atoms with E-state index >= 15 is 0 Å². The summed E-state index contributed by atoms with van der Waals surface area (Å²) in [5.74, 6) is -1.73. The van der Waals surface area contributed by atoms with Crippen LogP contribution in [0.5, 0.6) is 0 Å². The summed E-state index contributed by atoms with van der Waals surface area (Å²) >= 11 is 0. The molecule has 1 saturated carbocycles. The molecule has 1 N–H and O–H groups in total. The second-order valence-electron chi connectivity index (χ2n) is 7.57. The normalized spacial score (nSPS) is 27.7. The summed E-state index contributed by atoms with van der Waals surface area (Å²) in [4.78, 5) is 25.5. The monoisotopic (exact) mass is 410 g/mol. The van der Waals surface area contributed by atoms with Crippen LogP contribution in [0.2, 0.25) is 0 Å². The summed E-state index contributed by atoms with van der Waals surface area (Å²) in [6, 6.07) is 10.2. The number of alkyl halides is 3. The van der Waals surface area contributed by atoms with Crippen molar-refractivity contribution < 1.29 is 27.5 Å². The number of methoxy groups -OCH3 is 1. The van der Waals surface area contributed by atoms with Crippen LogP contribution in [-0.2, 0) is 14.3 Å². The van der Waals surface area contributed by atoms with Crippen molar-refractivity contribution in [2.45, 2.75) is 49.9 Å². The number of amides is 2. The van der Waals surface area contributed by atoms with Crippen molar-refractivity contribution in [3.63, 3.8) is 0 Å². The maximum absolute atomic E-state index is 12.7. The van der Waals surface area contributed by atoms with Gasteiger partial charge in [0.25, 0.3) is 5.91 Å². The molecule has 0 bridgehead atoms. The molecule has 2 aliphatic rings. The summed E-state index contributed by atoms with van der Waals surface area (Å²) < 4.78 is 42.9. The van der Waals surface area contributed by atoms with Gasteiger partial charge in [0, 0.05) is 19.4 Å². The molecule has 2 unspecified atom stereocenters. The van der Waals surface area contributed by atoms with Crippen LogP contribution in [0.15, 0.2) is 42.6 Å². The van der Waals surface area contributed by atoms with Crippen molar-refractivity contribution in [3.05, 3.63) is 48.2 Å². The van der Waals surface area contributed by atoms with E-state index in [1.165, 1.54) is 18.7 Å². The standard InChI is InChI=1S/C21H25F3N2O3/c1-29-18-17(11-12-26(20(18)28)13-21(22,23)24)19(27)25-16-9-7-15(8-10-16)14-5-3-2-4-6-14/h2-6,11-12,15-18H,7-10,13H2,1H3,(H,25,27). The molecule has 3 rings (SSSR count). The number of rotatable bonds is 5. The van der Waals surface area contributed by atoms with Gasteiger partial charge in [-0.25, -0.2) is 0 Å². The predicted octanol–water partition coefficient (Wildman–Crippen LogP) is 3.38. The molecule has 1 heterocycles. The van der Waals surface area contributed by atoms with Gasteiger partial charge in [0.15, 0.2) is 6.10 Å². The number of nitrogens with one attached hydrogen (secondary N) is 1. The number of ether oxygens (including phenoxy) is 1. The summed E-state index contributed by atoms with van der Waals surface area (Å²) in [5.41, 5.74) is 1.29. The topological polar surface area (TPSA) is 58.6 Å². The van der Waals surface area contributed by atoms with Gasteiger partial charge in [-0.2, -0.15) is 13.2 Å². The van der Waals surface area contributed by atoms with E-state index in [4.69, 9.17) is 4.74 Å².